The van der Waals surface area contributed by atoms with Crippen LogP contribution in [0.5, 0.6) is 11.5 Å². The monoisotopic (exact) mass is 247 g/mol. The van der Waals surface area contributed by atoms with Gasteiger partial charge in [-0.3, -0.25) is 0 Å². The molecule has 2 aliphatic rings. The van der Waals surface area contributed by atoms with Crippen LogP contribution in [0.1, 0.15) is 12.5 Å². The number of carbonyl (C=O) groups is 1. The first kappa shape index (κ1) is 10.9. The van der Waals surface area contributed by atoms with E-state index in [1.807, 2.05) is 6.92 Å². The quantitative estimate of drug-likeness (QED) is 0.768. The maximum Gasteiger partial charge on any atom is 0.346 e. The van der Waals surface area contributed by atoms with Crippen LogP contribution in [-0.2, 0) is 5.54 Å². The maximum atomic E-state index is 11.8. The van der Waals surface area contributed by atoms with Crippen molar-refractivity contribution in [3.05, 3.63) is 23.8 Å². The number of amides is 2. The first-order valence-electron chi connectivity index (χ1n) is 5.72. The van der Waals surface area contributed by atoms with Gasteiger partial charge in [0, 0.05) is 18.2 Å². The molecule has 18 heavy (non-hydrogen) atoms. The van der Waals surface area contributed by atoms with E-state index in [4.69, 9.17) is 10.5 Å². The molecule has 1 spiro atoms. The number of urea groups is 1. The fraction of sp³-hybridized carbons (Fsp3) is 0.333. The highest BCUT2D eigenvalue weighted by Crippen LogP contribution is 2.45. The summed E-state index contributed by atoms with van der Waals surface area (Å²) in [5.74, 6) is 0.911. The van der Waals surface area contributed by atoms with E-state index in [1.54, 1.807) is 17.0 Å². The Balaban J connectivity index is 2.19. The molecule has 3 rings (SSSR count). The van der Waals surface area contributed by atoms with Gasteiger partial charge in [-0.25, -0.2) is 4.79 Å². The van der Waals surface area contributed by atoms with Gasteiger partial charge in [0.15, 0.2) is 5.54 Å². The van der Waals surface area contributed by atoms with E-state index in [1.165, 1.54) is 6.07 Å². The molecule has 0 aliphatic carbocycles. The molecule has 0 saturated carbocycles. The van der Waals surface area contributed by atoms with Crippen molar-refractivity contribution in [3.8, 4) is 11.5 Å². The minimum Gasteiger partial charge on any atom is -0.508 e. The number of fused-ring (bicyclic) bond motifs is 2. The topological polar surface area (TPSA) is 88.2 Å². The summed E-state index contributed by atoms with van der Waals surface area (Å²) >= 11 is 0. The Bertz CT molecular complexity index is 570. The molecule has 6 nitrogen and oxygen atoms in total. The standard InChI is InChI=1S/C12H13N3O3/c1-2-15-11(17)14-10(13)12(15)6-18-9-5-7(16)3-4-8(9)12/h3-5,16H,2,6H2,1H3,(H2,13,14,17). The van der Waals surface area contributed by atoms with Crippen LogP contribution < -0.4 is 10.5 Å². The molecule has 2 heterocycles. The fourth-order valence-corrected chi connectivity index (χ4v) is 2.63. The molecule has 94 valence electrons. The first-order valence-corrected chi connectivity index (χ1v) is 5.72. The number of nitrogens with zero attached hydrogens (tertiary/aromatic N) is 2. The highest BCUT2D eigenvalue weighted by Gasteiger charge is 2.54. The number of aliphatic imine (C=N–C) groups is 1. The predicted octanol–water partition coefficient (Wildman–Crippen LogP) is 0.793. The molecule has 0 bridgehead atoms. The summed E-state index contributed by atoms with van der Waals surface area (Å²) in [5.41, 5.74) is 5.89. The van der Waals surface area contributed by atoms with Gasteiger partial charge in [0.25, 0.3) is 0 Å². The van der Waals surface area contributed by atoms with Crippen LogP contribution in [-0.4, -0.2) is 35.0 Å². The third-order valence-corrected chi connectivity index (χ3v) is 3.50. The molecular formula is C12H13N3O3. The van der Waals surface area contributed by atoms with Gasteiger partial charge in [-0.05, 0) is 19.1 Å². The van der Waals surface area contributed by atoms with E-state index >= 15 is 0 Å². The van der Waals surface area contributed by atoms with Gasteiger partial charge in [-0.15, -0.1) is 0 Å². The minimum absolute atomic E-state index is 0.119. The van der Waals surface area contributed by atoms with Crippen LogP contribution in [0.4, 0.5) is 4.79 Å². The zero-order chi connectivity index (χ0) is 12.9. The number of rotatable bonds is 1. The Morgan fingerprint density at radius 1 is 1.61 bits per heavy atom. The van der Waals surface area contributed by atoms with Crippen molar-refractivity contribution in [3.63, 3.8) is 0 Å². The average molecular weight is 247 g/mol. The summed E-state index contributed by atoms with van der Waals surface area (Å²) in [6, 6.07) is 4.45. The predicted molar refractivity (Wildman–Crippen MR) is 64.7 cm³/mol. The van der Waals surface area contributed by atoms with E-state index in [0.717, 1.165) is 5.56 Å². The number of ether oxygens (including phenoxy) is 1. The molecule has 1 atom stereocenters. The van der Waals surface area contributed by atoms with Crippen LogP contribution in [0.2, 0.25) is 0 Å². The second-order valence-electron chi connectivity index (χ2n) is 4.35. The lowest BCUT2D eigenvalue weighted by Gasteiger charge is -2.32. The summed E-state index contributed by atoms with van der Waals surface area (Å²) in [7, 11) is 0. The number of likely N-dealkylation sites (N-methyl/N-ethyl adjacent to an activating group) is 1. The van der Waals surface area contributed by atoms with Crippen LogP contribution in [0.15, 0.2) is 23.2 Å². The van der Waals surface area contributed by atoms with E-state index < -0.39 is 5.54 Å². The van der Waals surface area contributed by atoms with Gasteiger partial charge in [0.05, 0.1) is 0 Å². The lowest BCUT2D eigenvalue weighted by molar-refractivity contribution is 0.153. The zero-order valence-electron chi connectivity index (χ0n) is 9.88. The second kappa shape index (κ2) is 3.38. The van der Waals surface area contributed by atoms with E-state index in [9.17, 15) is 9.90 Å². The van der Waals surface area contributed by atoms with Crippen molar-refractivity contribution < 1.29 is 14.6 Å². The van der Waals surface area contributed by atoms with Crippen molar-refractivity contribution in [1.82, 2.24) is 4.90 Å². The van der Waals surface area contributed by atoms with Crippen LogP contribution in [0.25, 0.3) is 0 Å². The molecule has 0 fully saturated rings. The highest BCUT2D eigenvalue weighted by atomic mass is 16.5. The van der Waals surface area contributed by atoms with E-state index in [0.29, 0.717) is 12.3 Å². The van der Waals surface area contributed by atoms with Gasteiger partial charge in [-0.2, -0.15) is 4.99 Å². The third kappa shape index (κ3) is 1.12. The summed E-state index contributed by atoms with van der Waals surface area (Å²) in [6.45, 7) is 2.60. The summed E-state index contributed by atoms with van der Waals surface area (Å²) in [4.78, 5) is 17.2. The summed E-state index contributed by atoms with van der Waals surface area (Å²) in [5, 5.41) is 9.45. The number of benzene rings is 1. The van der Waals surface area contributed by atoms with Crippen molar-refractivity contribution in [2.75, 3.05) is 13.2 Å². The van der Waals surface area contributed by atoms with E-state index in [-0.39, 0.29) is 24.2 Å². The number of hydrogen-bond acceptors (Lipinski definition) is 4. The molecule has 0 aromatic heterocycles. The number of amidine groups is 1. The normalized spacial score (nSPS) is 25.3. The number of hydrogen-bond donors (Lipinski definition) is 2. The van der Waals surface area contributed by atoms with Crippen molar-refractivity contribution >= 4 is 11.9 Å². The molecule has 1 aromatic rings. The second-order valence-corrected chi connectivity index (χ2v) is 4.35. The zero-order valence-corrected chi connectivity index (χ0v) is 9.88. The van der Waals surface area contributed by atoms with Gasteiger partial charge >= 0.3 is 6.03 Å². The Kier molecular flexibility index (Phi) is 2.04. The molecule has 0 saturated heterocycles. The summed E-state index contributed by atoms with van der Waals surface area (Å²) < 4.78 is 5.55. The molecule has 1 unspecified atom stereocenters. The van der Waals surface area contributed by atoms with Crippen LogP contribution in [0.3, 0.4) is 0 Å². The molecule has 2 aliphatic heterocycles. The molecule has 3 N–H and O–H groups in total. The number of phenols is 1. The molecule has 1 aromatic carbocycles. The summed E-state index contributed by atoms with van der Waals surface area (Å²) in [6.07, 6.45) is 0. The SMILES string of the molecule is CCN1C(=O)N=C(N)C12COc1cc(O)ccc12. The highest BCUT2D eigenvalue weighted by molar-refractivity contribution is 6.07. The van der Waals surface area contributed by atoms with Crippen molar-refractivity contribution in [2.45, 2.75) is 12.5 Å². The number of nitrogens with two attached hydrogens (primary N) is 1. The smallest absolute Gasteiger partial charge is 0.346 e. The average Bonchev–Trinajstić information content (AvgIpc) is 2.80. The Hall–Kier alpha value is -2.24. The largest absolute Gasteiger partial charge is 0.508 e. The Morgan fingerprint density at radius 2 is 2.39 bits per heavy atom. The van der Waals surface area contributed by atoms with Gasteiger partial charge < -0.3 is 20.5 Å². The Labute approximate surface area is 104 Å². The number of phenolic OH excluding ortho intramolecular Hbond substituents is 1. The maximum absolute atomic E-state index is 11.8. The lowest BCUT2D eigenvalue weighted by Crippen LogP contribution is -2.52. The van der Waals surface area contributed by atoms with Crippen molar-refractivity contribution in [1.29, 1.82) is 0 Å². The Morgan fingerprint density at radius 3 is 3.11 bits per heavy atom. The van der Waals surface area contributed by atoms with Crippen LogP contribution in [0, 0.1) is 0 Å². The molecular weight excluding hydrogens is 234 g/mol. The third-order valence-electron chi connectivity index (χ3n) is 3.50. The van der Waals surface area contributed by atoms with Gasteiger partial charge in [-0.1, -0.05) is 0 Å². The first-order chi connectivity index (χ1) is 8.59. The number of aromatic hydroxyl groups is 1. The minimum atomic E-state index is -0.811. The van der Waals surface area contributed by atoms with Gasteiger partial charge in [0.2, 0.25) is 0 Å². The molecule has 6 heteroatoms. The van der Waals surface area contributed by atoms with Crippen LogP contribution >= 0.6 is 0 Å². The van der Waals surface area contributed by atoms with E-state index in [2.05, 4.69) is 4.99 Å². The fourth-order valence-electron chi connectivity index (χ4n) is 2.63. The molecule has 2 amide bonds. The molecule has 0 radical (unpaired) electrons. The number of carbonyl (C=O) groups excluding carboxylic acids is 1. The lowest BCUT2D eigenvalue weighted by atomic mass is 9.90. The van der Waals surface area contributed by atoms with Gasteiger partial charge in [0.1, 0.15) is 23.9 Å². The van der Waals surface area contributed by atoms with Crippen molar-refractivity contribution in [2.24, 2.45) is 10.7 Å².